The van der Waals surface area contributed by atoms with E-state index in [0.717, 1.165) is 0 Å². The number of nitrogens with one attached hydrogen (secondary N) is 1. The van der Waals surface area contributed by atoms with Crippen LogP contribution >= 0.6 is 23.2 Å². The first kappa shape index (κ1) is 15.6. The van der Waals surface area contributed by atoms with Crippen molar-refractivity contribution in [3.8, 4) is 5.75 Å². The normalized spacial score (nSPS) is 13.3. The molecule has 1 aliphatic heterocycles. The van der Waals surface area contributed by atoms with E-state index in [4.69, 9.17) is 27.9 Å². The van der Waals surface area contributed by atoms with Gasteiger partial charge in [0.15, 0.2) is 6.61 Å². The van der Waals surface area contributed by atoms with Crippen LogP contribution in [0.2, 0.25) is 10.0 Å². The van der Waals surface area contributed by atoms with E-state index in [0.29, 0.717) is 22.1 Å². The van der Waals surface area contributed by atoms with Crippen molar-refractivity contribution in [3.05, 3.63) is 52.5 Å². The third-order valence-corrected chi connectivity index (χ3v) is 4.15. The van der Waals surface area contributed by atoms with Crippen molar-refractivity contribution in [2.45, 2.75) is 0 Å². The van der Waals surface area contributed by atoms with Crippen LogP contribution in [0, 0.1) is 0 Å². The minimum absolute atomic E-state index is 0.0950. The molecule has 2 amide bonds. The van der Waals surface area contributed by atoms with Gasteiger partial charge in [0.25, 0.3) is 5.91 Å². The standard InChI is InChI=1S/C16H12Cl2N2O3/c17-10-4-3-5-11(16(10)18)19-14(21)8-20-12-6-1-2-7-13(12)23-9-15(20)22/h1-7H,8-9H2,(H,19,21). The molecule has 7 heteroatoms. The van der Waals surface area contributed by atoms with Crippen molar-refractivity contribution in [2.75, 3.05) is 23.4 Å². The summed E-state index contributed by atoms with van der Waals surface area (Å²) in [6.07, 6.45) is 0. The fraction of sp³-hybridized carbons (Fsp3) is 0.125. The topological polar surface area (TPSA) is 58.6 Å². The molecule has 0 fully saturated rings. The van der Waals surface area contributed by atoms with Gasteiger partial charge < -0.3 is 10.1 Å². The maximum absolute atomic E-state index is 12.3. The highest BCUT2D eigenvalue weighted by atomic mass is 35.5. The summed E-state index contributed by atoms with van der Waals surface area (Å²) in [5.41, 5.74) is 0.967. The third kappa shape index (κ3) is 3.25. The minimum atomic E-state index is -0.376. The van der Waals surface area contributed by atoms with Crippen LogP contribution in [0.15, 0.2) is 42.5 Å². The lowest BCUT2D eigenvalue weighted by Crippen LogP contribution is -2.43. The number of benzene rings is 2. The van der Waals surface area contributed by atoms with Crippen LogP contribution in [0.3, 0.4) is 0 Å². The van der Waals surface area contributed by atoms with Crippen molar-refractivity contribution in [1.29, 1.82) is 0 Å². The van der Waals surface area contributed by atoms with Gasteiger partial charge in [-0.15, -0.1) is 0 Å². The van der Waals surface area contributed by atoms with E-state index in [1.165, 1.54) is 4.90 Å². The molecule has 0 aliphatic carbocycles. The second kappa shape index (κ2) is 6.48. The number of anilines is 2. The Labute approximate surface area is 142 Å². The number of para-hydroxylation sites is 2. The number of rotatable bonds is 3. The van der Waals surface area contributed by atoms with E-state index in [-0.39, 0.29) is 30.0 Å². The van der Waals surface area contributed by atoms with Crippen molar-refractivity contribution >= 4 is 46.4 Å². The molecule has 0 atom stereocenters. The Kier molecular flexibility index (Phi) is 4.41. The summed E-state index contributed by atoms with van der Waals surface area (Å²) in [6, 6.07) is 12.0. The third-order valence-electron chi connectivity index (χ3n) is 3.34. The molecule has 0 radical (unpaired) electrons. The summed E-state index contributed by atoms with van der Waals surface area (Å²) >= 11 is 12.0. The smallest absolute Gasteiger partial charge is 0.265 e. The van der Waals surface area contributed by atoms with Gasteiger partial charge in [-0.25, -0.2) is 0 Å². The SMILES string of the molecule is O=C(CN1C(=O)COc2ccccc21)Nc1cccc(Cl)c1Cl. The molecular weight excluding hydrogens is 339 g/mol. The van der Waals surface area contributed by atoms with E-state index in [1.54, 1.807) is 42.5 Å². The van der Waals surface area contributed by atoms with E-state index in [2.05, 4.69) is 5.32 Å². The molecule has 5 nitrogen and oxygen atoms in total. The molecule has 2 aromatic carbocycles. The molecule has 2 aromatic rings. The first-order valence-corrected chi connectivity index (χ1v) is 7.58. The largest absolute Gasteiger partial charge is 0.482 e. The van der Waals surface area contributed by atoms with Gasteiger partial charge in [0.05, 0.1) is 21.4 Å². The Morgan fingerprint density at radius 2 is 1.96 bits per heavy atom. The van der Waals surface area contributed by atoms with Crippen LogP contribution in [0.5, 0.6) is 5.75 Å². The first-order chi connectivity index (χ1) is 11.1. The molecule has 1 aliphatic rings. The number of carbonyl (C=O) groups is 2. The van der Waals surface area contributed by atoms with Gasteiger partial charge in [-0.3, -0.25) is 14.5 Å². The predicted molar refractivity (Wildman–Crippen MR) is 89.4 cm³/mol. The number of nitrogens with zero attached hydrogens (tertiary/aromatic N) is 1. The van der Waals surface area contributed by atoms with Crippen LogP contribution in [0.25, 0.3) is 0 Å². The summed E-state index contributed by atoms with van der Waals surface area (Å²) in [5, 5.41) is 3.26. The molecule has 0 saturated heterocycles. The predicted octanol–water partition coefficient (Wildman–Crippen LogP) is 3.36. The fourth-order valence-electron chi connectivity index (χ4n) is 2.26. The molecular formula is C16H12Cl2N2O3. The summed E-state index contributed by atoms with van der Waals surface area (Å²) < 4.78 is 5.34. The average molecular weight is 351 g/mol. The minimum Gasteiger partial charge on any atom is -0.482 e. The molecule has 0 bridgehead atoms. The molecule has 118 valence electrons. The number of carbonyl (C=O) groups excluding carboxylic acids is 2. The number of hydrogen-bond acceptors (Lipinski definition) is 3. The summed E-state index contributed by atoms with van der Waals surface area (Å²) in [5.74, 6) is -0.0871. The Morgan fingerprint density at radius 1 is 1.17 bits per heavy atom. The summed E-state index contributed by atoms with van der Waals surface area (Å²) in [7, 11) is 0. The first-order valence-electron chi connectivity index (χ1n) is 6.82. The lowest BCUT2D eigenvalue weighted by molar-refractivity contribution is -0.123. The van der Waals surface area contributed by atoms with Gasteiger partial charge in [-0.05, 0) is 24.3 Å². The molecule has 0 spiro atoms. The van der Waals surface area contributed by atoms with Gasteiger partial charge in [-0.2, -0.15) is 0 Å². The van der Waals surface area contributed by atoms with E-state index in [1.807, 2.05) is 0 Å². The van der Waals surface area contributed by atoms with Gasteiger partial charge in [0, 0.05) is 0 Å². The maximum Gasteiger partial charge on any atom is 0.265 e. The Hall–Kier alpha value is -2.24. The number of ether oxygens (including phenoxy) is 1. The summed E-state index contributed by atoms with van der Waals surface area (Å²) in [4.78, 5) is 25.7. The number of halogens is 2. The zero-order chi connectivity index (χ0) is 16.4. The molecule has 0 aromatic heterocycles. The number of amides is 2. The average Bonchev–Trinajstić information content (AvgIpc) is 2.54. The van der Waals surface area contributed by atoms with Gasteiger partial charge in [0.1, 0.15) is 12.3 Å². The highest BCUT2D eigenvalue weighted by Crippen LogP contribution is 2.32. The van der Waals surface area contributed by atoms with Gasteiger partial charge >= 0.3 is 0 Å². The van der Waals surface area contributed by atoms with Crippen molar-refractivity contribution in [2.24, 2.45) is 0 Å². The molecule has 23 heavy (non-hydrogen) atoms. The van der Waals surface area contributed by atoms with Crippen LogP contribution in [0.4, 0.5) is 11.4 Å². The molecule has 1 N–H and O–H groups in total. The van der Waals surface area contributed by atoms with Crippen LogP contribution in [-0.2, 0) is 9.59 Å². The molecule has 1 heterocycles. The van der Waals surface area contributed by atoms with Crippen LogP contribution in [0.1, 0.15) is 0 Å². The monoisotopic (exact) mass is 350 g/mol. The maximum atomic E-state index is 12.3. The molecule has 0 saturated carbocycles. The van der Waals surface area contributed by atoms with E-state index >= 15 is 0 Å². The number of hydrogen-bond donors (Lipinski definition) is 1. The van der Waals surface area contributed by atoms with Gasteiger partial charge in [-0.1, -0.05) is 41.4 Å². The lowest BCUT2D eigenvalue weighted by atomic mass is 10.2. The molecule has 3 rings (SSSR count). The van der Waals surface area contributed by atoms with Crippen molar-refractivity contribution in [1.82, 2.24) is 0 Å². The Morgan fingerprint density at radius 3 is 2.78 bits per heavy atom. The number of fused-ring (bicyclic) bond motifs is 1. The van der Waals surface area contributed by atoms with Gasteiger partial charge in [0.2, 0.25) is 5.91 Å². The van der Waals surface area contributed by atoms with Crippen molar-refractivity contribution < 1.29 is 14.3 Å². The Bertz CT molecular complexity index is 780. The second-order valence-electron chi connectivity index (χ2n) is 4.89. The van der Waals surface area contributed by atoms with Crippen LogP contribution < -0.4 is 15.0 Å². The highest BCUT2D eigenvalue weighted by molar-refractivity contribution is 6.44. The quantitative estimate of drug-likeness (QED) is 0.923. The van der Waals surface area contributed by atoms with Crippen LogP contribution in [-0.4, -0.2) is 25.0 Å². The molecule has 0 unspecified atom stereocenters. The zero-order valence-corrected chi connectivity index (χ0v) is 13.4. The Balaban J connectivity index is 1.78. The lowest BCUT2D eigenvalue weighted by Gasteiger charge is -2.28. The zero-order valence-electron chi connectivity index (χ0n) is 11.9. The second-order valence-corrected chi connectivity index (χ2v) is 5.67. The fourth-order valence-corrected chi connectivity index (χ4v) is 2.61. The van der Waals surface area contributed by atoms with E-state index < -0.39 is 0 Å². The van der Waals surface area contributed by atoms with E-state index in [9.17, 15) is 9.59 Å². The highest BCUT2D eigenvalue weighted by Gasteiger charge is 2.27. The van der Waals surface area contributed by atoms with Crippen molar-refractivity contribution in [3.63, 3.8) is 0 Å². The summed E-state index contributed by atoms with van der Waals surface area (Å²) in [6.45, 7) is -0.232.